The molecule has 2 aromatic carbocycles. The van der Waals surface area contributed by atoms with Crippen molar-refractivity contribution in [3.63, 3.8) is 0 Å². The second-order valence-corrected chi connectivity index (χ2v) is 7.50. The first-order valence-electron chi connectivity index (χ1n) is 10.6. The Morgan fingerprint density at radius 2 is 1.83 bits per heavy atom. The van der Waals surface area contributed by atoms with Gasteiger partial charge in [0.15, 0.2) is 17.3 Å². The smallest absolute Gasteiger partial charge is 0.185 e. The Hall–Kier alpha value is -3.27. The number of nitrogens with zero attached hydrogens (tertiary/aromatic N) is 1. The third-order valence-corrected chi connectivity index (χ3v) is 5.32. The van der Waals surface area contributed by atoms with Crippen LogP contribution in [0.3, 0.4) is 0 Å². The van der Waals surface area contributed by atoms with Crippen molar-refractivity contribution in [1.29, 1.82) is 0 Å². The predicted octanol–water partition coefficient (Wildman–Crippen LogP) is 6.09. The van der Waals surface area contributed by atoms with E-state index in [4.69, 9.17) is 9.47 Å². The summed E-state index contributed by atoms with van der Waals surface area (Å²) in [6.07, 6.45) is 12.3. The van der Waals surface area contributed by atoms with Gasteiger partial charge >= 0.3 is 0 Å². The lowest BCUT2D eigenvalue weighted by molar-refractivity contribution is 0.104. The number of carbonyl (C=O) groups excluding carboxylic acids is 1. The number of aromatic nitrogens is 1. The van der Waals surface area contributed by atoms with Crippen molar-refractivity contribution >= 4 is 11.9 Å². The molecular weight excluding hydrogens is 374 g/mol. The van der Waals surface area contributed by atoms with Crippen LogP contribution in [0.15, 0.2) is 73.1 Å². The molecule has 0 atom stereocenters. The molecule has 1 aliphatic carbocycles. The third-order valence-electron chi connectivity index (χ3n) is 5.32. The van der Waals surface area contributed by atoms with Gasteiger partial charge in [-0.1, -0.05) is 24.3 Å². The minimum Gasteiger partial charge on any atom is -0.490 e. The zero-order valence-corrected chi connectivity index (χ0v) is 17.3. The van der Waals surface area contributed by atoms with E-state index in [-0.39, 0.29) is 11.9 Å². The first-order valence-corrected chi connectivity index (χ1v) is 10.6. The number of rotatable bonds is 8. The largest absolute Gasteiger partial charge is 0.490 e. The normalized spacial score (nSPS) is 14.3. The summed E-state index contributed by atoms with van der Waals surface area (Å²) in [5.41, 5.74) is 2.53. The molecule has 1 heterocycles. The van der Waals surface area contributed by atoms with Crippen molar-refractivity contribution < 1.29 is 14.3 Å². The number of benzene rings is 2. The fraction of sp³-hybridized carbons (Fsp3) is 0.269. The maximum atomic E-state index is 12.7. The number of ketones is 1. The first-order chi connectivity index (χ1) is 14.7. The minimum atomic E-state index is -0.0340. The van der Waals surface area contributed by atoms with Crippen molar-refractivity contribution in [2.24, 2.45) is 0 Å². The summed E-state index contributed by atoms with van der Waals surface area (Å²) < 4.78 is 13.9. The van der Waals surface area contributed by atoms with E-state index in [1.807, 2.05) is 84.6 Å². The van der Waals surface area contributed by atoms with Crippen molar-refractivity contribution in [2.45, 2.75) is 38.7 Å². The van der Waals surface area contributed by atoms with Gasteiger partial charge in [0.05, 0.1) is 12.7 Å². The molecule has 0 spiro atoms. The van der Waals surface area contributed by atoms with Crippen LogP contribution in [0, 0.1) is 0 Å². The molecule has 1 saturated carbocycles. The second kappa shape index (κ2) is 9.49. The van der Waals surface area contributed by atoms with Crippen molar-refractivity contribution in [3.8, 4) is 17.2 Å². The molecular formula is C26H27NO3. The highest BCUT2D eigenvalue weighted by Gasteiger charge is 2.18. The Labute approximate surface area is 177 Å². The average molecular weight is 402 g/mol. The standard InChI is InChI=1S/C26H27NO3/c1-2-29-26-18-20(13-15-25(26)30-23-10-3-4-11-23)12-14-24(28)21-8-7-9-22(19-21)27-16-5-6-17-27/h5-9,12-19,23H,2-4,10-11H2,1H3/b14-12+. The summed E-state index contributed by atoms with van der Waals surface area (Å²) >= 11 is 0. The van der Waals surface area contributed by atoms with Gasteiger partial charge in [0, 0.05) is 23.6 Å². The zero-order chi connectivity index (χ0) is 20.8. The molecule has 0 N–H and O–H groups in total. The fourth-order valence-corrected chi connectivity index (χ4v) is 3.77. The van der Waals surface area contributed by atoms with Crippen LogP contribution in [-0.2, 0) is 0 Å². The molecule has 30 heavy (non-hydrogen) atoms. The zero-order valence-electron chi connectivity index (χ0n) is 17.3. The molecule has 4 nitrogen and oxygen atoms in total. The van der Waals surface area contributed by atoms with E-state index < -0.39 is 0 Å². The average Bonchev–Trinajstić information content (AvgIpc) is 3.48. The SMILES string of the molecule is CCOc1cc(/C=C/C(=O)c2cccc(-n3cccc3)c2)ccc1OC1CCCC1. The summed E-state index contributed by atoms with van der Waals surface area (Å²) in [5.74, 6) is 1.48. The number of hydrogen-bond acceptors (Lipinski definition) is 3. The van der Waals surface area contributed by atoms with Crippen molar-refractivity contribution in [1.82, 2.24) is 4.57 Å². The van der Waals surface area contributed by atoms with Crippen LogP contribution in [0.2, 0.25) is 0 Å². The second-order valence-electron chi connectivity index (χ2n) is 7.50. The molecule has 1 aliphatic rings. The van der Waals surface area contributed by atoms with Crippen LogP contribution in [0.5, 0.6) is 11.5 Å². The summed E-state index contributed by atoms with van der Waals surface area (Å²) in [6.45, 7) is 2.53. The number of allylic oxidation sites excluding steroid dienone is 1. The molecule has 154 valence electrons. The quantitative estimate of drug-likeness (QED) is 0.338. The predicted molar refractivity (Wildman–Crippen MR) is 120 cm³/mol. The fourth-order valence-electron chi connectivity index (χ4n) is 3.77. The molecule has 3 aromatic rings. The topological polar surface area (TPSA) is 40.5 Å². The third kappa shape index (κ3) is 4.82. The Kier molecular flexibility index (Phi) is 6.33. The molecule has 4 rings (SSSR count). The van der Waals surface area contributed by atoms with Crippen LogP contribution in [-0.4, -0.2) is 23.1 Å². The first kappa shape index (κ1) is 20.0. The maximum Gasteiger partial charge on any atom is 0.185 e. The number of ether oxygens (including phenoxy) is 2. The Balaban J connectivity index is 1.49. The van der Waals surface area contributed by atoms with Crippen LogP contribution in [0.1, 0.15) is 48.5 Å². The van der Waals surface area contributed by atoms with Crippen LogP contribution < -0.4 is 9.47 Å². The molecule has 0 saturated heterocycles. The summed E-state index contributed by atoms with van der Waals surface area (Å²) in [6, 6.07) is 17.4. The van der Waals surface area contributed by atoms with E-state index in [1.165, 1.54) is 12.8 Å². The highest BCUT2D eigenvalue weighted by atomic mass is 16.5. The maximum absolute atomic E-state index is 12.7. The van der Waals surface area contributed by atoms with E-state index in [0.29, 0.717) is 12.2 Å². The summed E-state index contributed by atoms with van der Waals surface area (Å²) in [7, 11) is 0. The van der Waals surface area contributed by atoms with Crippen LogP contribution in [0.25, 0.3) is 11.8 Å². The number of hydrogen-bond donors (Lipinski definition) is 0. The van der Waals surface area contributed by atoms with Gasteiger partial charge in [0.2, 0.25) is 0 Å². The van der Waals surface area contributed by atoms with E-state index in [2.05, 4.69) is 0 Å². The molecule has 1 aromatic heterocycles. The van der Waals surface area contributed by atoms with Gasteiger partial charge in [-0.25, -0.2) is 0 Å². The molecule has 0 radical (unpaired) electrons. The van der Waals surface area contributed by atoms with Gasteiger partial charge in [-0.15, -0.1) is 0 Å². The van der Waals surface area contributed by atoms with Gasteiger partial charge in [-0.3, -0.25) is 4.79 Å². The number of carbonyl (C=O) groups is 1. The van der Waals surface area contributed by atoms with E-state index in [9.17, 15) is 4.79 Å². The highest BCUT2D eigenvalue weighted by Crippen LogP contribution is 2.33. The lowest BCUT2D eigenvalue weighted by Gasteiger charge is -2.17. The lowest BCUT2D eigenvalue weighted by atomic mass is 10.1. The van der Waals surface area contributed by atoms with E-state index in [0.717, 1.165) is 35.6 Å². The monoisotopic (exact) mass is 401 g/mol. The highest BCUT2D eigenvalue weighted by molar-refractivity contribution is 6.07. The van der Waals surface area contributed by atoms with E-state index in [1.54, 1.807) is 6.08 Å². The molecule has 0 bridgehead atoms. The summed E-state index contributed by atoms with van der Waals surface area (Å²) in [5, 5.41) is 0. The Morgan fingerprint density at radius 3 is 2.60 bits per heavy atom. The van der Waals surface area contributed by atoms with Gasteiger partial charge in [-0.2, -0.15) is 0 Å². The Morgan fingerprint density at radius 1 is 1.03 bits per heavy atom. The molecule has 4 heteroatoms. The van der Waals surface area contributed by atoms with Crippen LogP contribution >= 0.6 is 0 Å². The molecule has 1 fully saturated rings. The Bertz CT molecular complexity index is 1010. The molecule has 0 aliphatic heterocycles. The van der Waals surface area contributed by atoms with Crippen molar-refractivity contribution in [3.05, 3.63) is 84.2 Å². The summed E-state index contributed by atoms with van der Waals surface area (Å²) in [4.78, 5) is 12.7. The molecule has 0 unspecified atom stereocenters. The van der Waals surface area contributed by atoms with Gasteiger partial charge in [0.1, 0.15) is 0 Å². The molecule has 0 amide bonds. The van der Waals surface area contributed by atoms with Gasteiger partial charge in [0.25, 0.3) is 0 Å². The van der Waals surface area contributed by atoms with Crippen LogP contribution in [0.4, 0.5) is 0 Å². The van der Waals surface area contributed by atoms with E-state index >= 15 is 0 Å². The van der Waals surface area contributed by atoms with Gasteiger partial charge in [-0.05, 0) is 80.6 Å². The van der Waals surface area contributed by atoms with Crippen molar-refractivity contribution in [2.75, 3.05) is 6.61 Å². The van der Waals surface area contributed by atoms with Gasteiger partial charge < -0.3 is 14.0 Å². The lowest BCUT2D eigenvalue weighted by Crippen LogP contribution is -2.11. The minimum absolute atomic E-state index is 0.0340.